The lowest BCUT2D eigenvalue weighted by Gasteiger charge is -2.11. The summed E-state index contributed by atoms with van der Waals surface area (Å²) in [6, 6.07) is 22.4. The van der Waals surface area contributed by atoms with Crippen molar-refractivity contribution in [2.75, 3.05) is 0 Å². The van der Waals surface area contributed by atoms with Crippen LogP contribution < -0.4 is 9.13 Å². The minimum Gasteiger partial charge on any atom is -0.195 e. The van der Waals surface area contributed by atoms with Gasteiger partial charge in [-0.1, -0.05) is 35.9 Å². The van der Waals surface area contributed by atoms with Crippen LogP contribution in [0, 0.1) is 20.8 Å². The second-order valence-corrected chi connectivity index (χ2v) is 8.62. The Bertz CT molecular complexity index is 1310. The van der Waals surface area contributed by atoms with Crippen molar-refractivity contribution in [2.45, 2.75) is 27.2 Å². The Morgan fingerprint density at radius 1 is 0.733 bits per heavy atom. The van der Waals surface area contributed by atoms with Gasteiger partial charge in [0.05, 0.1) is 5.56 Å². The first-order chi connectivity index (χ1) is 14.5. The molecule has 2 aromatic heterocycles. The summed E-state index contributed by atoms with van der Waals surface area (Å²) in [6.07, 6.45) is 3.22. The quantitative estimate of drug-likeness (QED) is 0.366. The number of hydrogen-bond acceptors (Lipinski definition) is 0. The fraction of sp³-hybridized carbons (Fsp3) is 0.214. The molecule has 2 heteroatoms. The number of pyridine rings is 2. The van der Waals surface area contributed by atoms with Gasteiger partial charge in [0.2, 0.25) is 5.69 Å². The Morgan fingerprint density at radius 3 is 2.33 bits per heavy atom. The molecule has 0 fully saturated rings. The maximum absolute atomic E-state index is 2.36. The number of fused-ring (bicyclic) bond motifs is 3. The molecule has 4 aromatic rings. The Hall–Kier alpha value is -3.26. The van der Waals surface area contributed by atoms with E-state index in [2.05, 4.69) is 111 Å². The van der Waals surface area contributed by atoms with Crippen molar-refractivity contribution in [3.63, 3.8) is 0 Å². The van der Waals surface area contributed by atoms with Gasteiger partial charge in [0.1, 0.15) is 14.1 Å². The van der Waals surface area contributed by atoms with Crippen LogP contribution in [-0.2, 0) is 20.5 Å². The largest absolute Gasteiger partial charge is 0.285 e. The second-order valence-electron chi connectivity index (χ2n) is 8.62. The van der Waals surface area contributed by atoms with Crippen molar-refractivity contribution in [1.29, 1.82) is 0 Å². The molecule has 0 radical (unpaired) electrons. The highest BCUT2D eigenvalue weighted by Crippen LogP contribution is 2.40. The summed E-state index contributed by atoms with van der Waals surface area (Å²) in [7, 11) is 4.35. The van der Waals surface area contributed by atoms with Crippen molar-refractivity contribution >= 4 is 0 Å². The SMILES string of the molecule is Cc1cc(C)c(C)c(-c2cccc(-c3c4c(cc[n+]3C)Cc3ccccc3-4)[n+]2C)c1. The highest BCUT2D eigenvalue weighted by molar-refractivity contribution is 5.85. The fourth-order valence-corrected chi connectivity index (χ4v) is 4.97. The number of nitrogens with zero attached hydrogens (tertiary/aromatic N) is 2. The molecule has 0 spiro atoms. The third-order valence-electron chi connectivity index (χ3n) is 6.64. The lowest BCUT2D eigenvalue weighted by molar-refractivity contribution is -0.685. The van der Waals surface area contributed by atoms with E-state index in [0.29, 0.717) is 0 Å². The maximum Gasteiger partial charge on any atom is 0.285 e. The molecule has 1 aliphatic rings. The molecular weight excluding hydrogens is 364 g/mol. The number of hydrogen-bond donors (Lipinski definition) is 0. The molecule has 0 unspecified atom stereocenters. The van der Waals surface area contributed by atoms with E-state index in [0.717, 1.165) is 6.42 Å². The predicted octanol–water partition coefficient (Wildman–Crippen LogP) is 5.17. The fourth-order valence-electron chi connectivity index (χ4n) is 4.97. The zero-order chi connectivity index (χ0) is 21.0. The molecule has 0 saturated carbocycles. The first-order valence-electron chi connectivity index (χ1n) is 10.6. The van der Waals surface area contributed by atoms with Gasteiger partial charge in [-0.25, -0.2) is 0 Å². The van der Waals surface area contributed by atoms with Crippen molar-refractivity contribution < 1.29 is 9.13 Å². The first-order valence-corrected chi connectivity index (χ1v) is 10.6. The molecule has 30 heavy (non-hydrogen) atoms. The van der Waals surface area contributed by atoms with Gasteiger partial charge in [0.15, 0.2) is 6.20 Å². The summed E-state index contributed by atoms with van der Waals surface area (Å²) < 4.78 is 4.63. The van der Waals surface area contributed by atoms with E-state index < -0.39 is 0 Å². The van der Waals surface area contributed by atoms with E-state index in [4.69, 9.17) is 0 Å². The van der Waals surface area contributed by atoms with Crippen LogP contribution >= 0.6 is 0 Å². The van der Waals surface area contributed by atoms with Gasteiger partial charge in [-0.3, -0.25) is 0 Å². The molecule has 1 aliphatic carbocycles. The summed E-state index contributed by atoms with van der Waals surface area (Å²) in [5.74, 6) is 0. The molecule has 2 nitrogen and oxygen atoms in total. The van der Waals surface area contributed by atoms with E-state index in [-0.39, 0.29) is 0 Å². The number of rotatable bonds is 2. The third kappa shape index (κ3) is 2.79. The number of aromatic nitrogens is 2. The van der Waals surface area contributed by atoms with Crippen molar-refractivity contribution in [2.24, 2.45) is 14.1 Å². The van der Waals surface area contributed by atoms with E-state index >= 15 is 0 Å². The molecule has 5 rings (SSSR count). The highest BCUT2D eigenvalue weighted by Gasteiger charge is 2.33. The smallest absolute Gasteiger partial charge is 0.195 e. The summed E-state index contributed by atoms with van der Waals surface area (Å²) in [6.45, 7) is 6.62. The van der Waals surface area contributed by atoms with E-state index in [1.54, 1.807) is 0 Å². The van der Waals surface area contributed by atoms with Crippen molar-refractivity contribution in [3.05, 3.63) is 94.7 Å². The Morgan fingerprint density at radius 2 is 1.50 bits per heavy atom. The van der Waals surface area contributed by atoms with Crippen LogP contribution in [0.2, 0.25) is 0 Å². The van der Waals surface area contributed by atoms with Crippen LogP contribution in [0.4, 0.5) is 0 Å². The molecule has 0 saturated heterocycles. The van der Waals surface area contributed by atoms with E-state index in [1.165, 1.54) is 61.6 Å². The van der Waals surface area contributed by atoms with E-state index in [1.807, 2.05) is 0 Å². The Balaban J connectivity index is 1.78. The summed E-state index contributed by atoms with van der Waals surface area (Å²) in [4.78, 5) is 0. The van der Waals surface area contributed by atoms with E-state index in [9.17, 15) is 0 Å². The molecular formula is C28H28N2+2. The van der Waals surface area contributed by atoms with Gasteiger partial charge in [0, 0.05) is 23.8 Å². The van der Waals surface area contributed by atoms with Crippen molar-refractivity contribution in [3.8, 4) is 33.8 Å². The van der Waals surface area contributed by atoms with Crippen molar-refractivity contribution in [1.82, 2.24) is 0 Å². The minimum atomic E-state index is 1.01. The Labute approximate surface area is 179 Å². The standard InChI is InChI=1S/C28H28N2/c1-18-15-19(2)20(3)24(16-18)25-11-8-12-26(30(25)5)28-27-22(13-14-29(28)4)17-21-9-6-7-10-23(21)27/h6-16H,17H2,1-5H3/q+2. The average molecular weight is 393 g/mol. The van der Waals surface area contributed by atoms with Gasteiger partial charge in [-0.2, -0.15) is 9.13 Å². The zero-order valence-electron chi connectivity index (χ0n) is 18.5. The topological polar surface area (TPSA) is 7.76 Å². The molecule has 0 N–H and O–H groups in total. The molecule has 2 aromatic carbocycles. The predicted molar refractivity (Wildman–Crippen MR) is 122 cm³/mol. The maximum atomic E-state index is 2.36. The number of benzene rings is 2. The zero-order valence-corrected chi connectivity index (χ0v) is 18.5. The van der Waals surface area contributed by atoms with Gasteiger partial charge in [0.25, 0.3) is 11.4 Å². The number of aryl methyl sites for hydroxylation is 3. The third-order valence-corrected chi connectivity index (χ3v) is 6.64. The van der Waals surface area contributed by atoms with Gasteiger partial charge in [-0.05, 0) is 67.1 Å². The molecule has 2 heterocycles. The van der Waals surface area contributed by atoms with Gasteiger partial charge < -0.3 is 0 Å². The summed E-state index contributed by atoms with van der Waals surface area (Å²) in [5.41, 5.74) is 14.7. The minimum absolute atomic E-state index is 1.01. The van der Waals surface area contributed by atoms with Crippen LogP contribution in [0.25, 0.3) is 33.8 Å². The van der Waals surface area contributed by atoms with Crippen LogP contribution in [0.1, 0.15) is 27.8 Å². The first kappa shape index (κ1) is 18.7. The molecule has 0 amide bonds. The average Bonchev–Trinajstić information content (AvgIpc) is 3.10. The normalized spacial score (nSPS) is 12.0. The van der Waals surface area contributed by atoms with Crippen LogP contribution in [0.5, 0.6) is 0 Å². The second kappa shape index (κ2) is 6.91. The summed E-state index contributed by atoms with van der Waals surface area (Å²) in [5, 5.41) is 0. The van der Waals surface area contributed by atoms with Gasteiger partial charge in [-0.15, -0.1) is 0 Å². The van der Waals surface area contributed by atoms with Crippen LogP contribution in [0.3, 0.4) is 0 Å². The summed E-state index contributed by atoms with van der Waals surface area (Å²) >= 11 is 0. The molecule has 0 bridgehead atoms. The molecule has 148 valence electrons. The van der Waals surface area contributed by atoms with Gasteiger partial charge >= 0.3 is 0 Å². The highest BCUT2D eigenvalue weighted by atomic mass is 15.0. The monoisotopic (exact) mass is 392 g/mol. The van der Waals surface area contributed by atoms with Crippen LogP contribution in [0.15, 0.2) is 66.9 Å². The lowest BCUT2D eigenvalue weighted by Crippen LogP contribution is -2.40. The molecule has 0 atom stereocenters. The molecule has 0 aliphatic heterocycles. The lowest BCUT2D eigenvalue weighted by atomic mass is 9.96. The van der Waals surface area contributed by atoms with Crippen LogP contribution in [-0.4, -0.2) is 0 Å². The Kier molecular flexibility index (Phi) is 4.32.